The van der Waals surface area contributed by atoms with Crippen molar-refractivity contribution in [3.05, 3.63) is 52.7 Å². The van der Waals surface area contributed by atoms with Crippen LogP contribution in [0.25, 0.3) is 0 Å². The maximum absolute atomic E-state index is 13.2. The number of nitrogens with zero attached hydrogens (tertiary/aromatic N) is 1. The van der Waals surface area contributed by atoms with Crippen molar-refractivity contribution in [2.24, 2.45) is 0 Å². The highest BCUT2D eigenvalue weighted by Gasteiger charge is 2.43. The van der Waals surface area contributed by atoms with Crippen LogP contribution in [0.4, 0.5) is 5.69 Å². The molecule has 1 aromatic carbocycles. The molecule has 1 heterocycles. The summed E-state index contributed by atoms with van der Waals surface area (Å²) in [6.07, 6.45) is 6.27. The summed E-state index contributed by atoms with van der Waals surface area (Å²) in [5.41, 5.74) is 1.96. The highest BCUT2D eigenvalue weighted by molar-refractivity contribution is 6.31. The van der Waals surface area contributed by atoms with Gasteiger partial charge in [-0.25, -0.2) is 4.98 Å². The Bertz CT molecular complexity index is 785. The fourth-order valence-corrected chi connectivity index (χ4v) is 3.99. The van der Waals surface area contributed by atoms with Crippen LogP contribution in [0, 0.1) is 6.92 Å². The molecule has 5 heteroatoms. The summed E-state index contributed by atoms with van der Waals surface area (Å²) in [6, 6.07) is 9.58. The molecule has 1 aliphatic carbocycles. The zero-order valence-electron chi connectivity index (χ0n) is 15.3. The zero-order chi connectivity index (χ0) is 18.6. The molecule has 0 spiro atoms. The Morgan fingerprint density at radius 2 is 2.04 bits per heavy atom. The summed E-state index contributed by atoms with van der Waals surface area (Å²) in [7, 11) is 0. The molecule has 1 N–H and O–H groups in total. The van der Waals surface area contributed by atoms with E-state index in [0.29, 0.717) is 23.2 Å². The van der Waals surface area contributed by atoms with Gasteiger partial charge in [0.05, 0.1) is 23.9 Å². The van der Waals surface area contributed by atoms with Gasteiger partial charge in [0.2, 0.25) is 11.8 Å². The van der Waals surface area contributed by atoms with E-state index >= 15 is 0 Å². The minimum atomic E-state index is -0.566. The fraction of sp³-hybridized carbons (Fsp3) is 0.429. The van der Waals surface area contributed by atoms with Gasteiger partial charge in [-0.15, -0.1) is 0 Å². The molecule has 4 nitrogen and oxygen atoms in total. The lowest BCUT2D eigenvalue weighted by Crippen LogP contribution is -2.38. The van der Waals surface area contributed by atoms with E-state index in [0.717, 1.165) is 43.2 Å². The van der Waals surface area contributed by atoms with Crippen molar-refractivity contribution in [2.45, 2.75) is 51.4 Å². The topological polar surface area (TPSA) is 51.2 Å². The maximum atomic E-state index is 13.2. The van der Waals surface area contributed by atoms with E-state index in [1.807, 2.05) is 37.3 Å². The van der Waals surface area contributed by atoms with Gasteiger partial charge in [-0.2, -0.15) is 0 Å². The number of rotatable bonds is 6. The number of ether oxygens (including phenoxy) is 1. The number of carbonyl (C=O) groups excluding carboxylic acids is 1. The molecule has 1 saturated carbocycles. The van der Waals surface area contributed by atoms with Crippen LogP contribution in [0.3, 0.4) is 0 Å². The average molecular weight is 373 g/mol. The second-order valence-corrected chi connectivity index (χ2v) is 7.32. The summed E-state index contributed by atoms with van der Waals surface area (Å²) < 4.78 is 5.61. The predicted octanol–water partition coefficient (Wildman–Crippen LogP) is 5.28. The molecule has 138 valence electrons. The van der Waals surface area contributed by atoms with Crippen LogP contribution in [-0.4, -0.2) is 17.5 Å². The van der Waals surface area contributed by atoms with Gasteiger partial charge < -0.3 is 10.1 Å². The quantitative estimate of drug-likeness (QED) is 0.750. The van der Waals surface area contributed by atoms with Crippen molar-refractivity contribution in [3.8, 4) is 5.88 Å². The minimum Gasteiger partial charge on any atom is -0.477 e. The minimum absolute atomic E-state index is 0.00785. The third-order valence-corrected chi connectivity index (χ3v) is 5.34. The van der Waals surface area contributed by atoms with Gasteiger partial charge >= 0.3 is 0 Å². The molecule has 0 bridgehead atoms. The summed E-state index contributed by atoms with van der Waals surface area (Å²) in [4.78, 5) is 17.6. The first kappa shape index (κ1) is 18.7. The van der Waals surface area contributed by atoms with Gasteiger partial charge in [0.15, 0.2) is 0 Å². The number of aromatic nitrogens is 1. The molecule has 0 radical (unpaired) electrons. The van der Waals surface area contributed by atoms with Crippen LogP contribution in [0.2, 0.25) is 5.02 Å². The van der Waals surface area contributed by atoms with Crippen LogP contribution in [0.5, 0.6) is 5.88 Å². The Labute approximate surface area is 159 Å². The highest BCUT2D eigenvalue weighted by Crippen LogP contribution is 2.44. The number of carbonyl (C=O) groups is 1. The first-order valence-electron chi connectivity index (χ1n) is 9.23. The number of pyridine rings is 1. The third kappa shape index (κ3) is 3.70. The summed E-state index contributed by atoms with van der Waals surface area (Å²) in [6.45, 7) is 4.63. The van der Waals surface area contributed by atoms with E-state index in [2.05, 4.69) is 17.2 Å². The van der Waals surface area contributed by atoms with Crippen molar-refractivity contribution >= 4 is 23.2 Å². The Hall–Kier alpha value is -2.07. The number of nitrogens with one attached hydrogen (secondary N) is 1. The van der Waals surface area contributed by atoms with Gasteiger partial charge in [0, 0.05) is 10.6 Å². The van der Waals surface area contributed by atoms with Crippen LogP contribution >= 0.6 is 11.6 Å². The number of halogens is 1. The standard InChI is InChI=1S/C21H25ClN2O2/c1-3-12-26-19-15(2)13-16(14-23-19)24-20(25)21(10-6-7-11-21)17-8-4-5-9-18(17)22/h4-5,8-9,13-14H,3,6-7,10-12H2,1-2H3,(H,24,25). The number of hydrogen-bond acceptors (Lipinski definition) is 3. The molecule has 1 aliphatic rings. The number of amides is 1. The largest absolute Gasteiger partial charge is 0.477 e. The number of anilines is 1. The predicted molar refractivity (Wildman–Crippen MR) is 105 cm³/mol. The van der Waals surface area contributed by atoms with E-state index in [1.165, 1.54) is 0 Å². The Balaban J connectivity index is 1.83. The van der Waals surface area contributed by atoms with E-state index in [1.54, 1.807) is 6.20 Å². The SMILES string of the molecule is CCCOc1ncc(NC(=O)C2(c3ccccc3Cl)CCCC2)cc1C. The lowest BCUT2D eigenvalue weighted by Gasteiger charge is -2.29. The van der Waals surface area contributed by atoms with E-state index in [9.17, 15) is 4.79 Å². The zero-order valence-corrected chi connectivity index (χ0v) is 16.1. The first-order chi connectivity index (χ1) is 12.6. The van der Waals surface area contributed by atoms with Gasteiger partial charge in [-0.05, 0) is 43.9 Å². The van der Waals surface area contributed by atoms with Crippen LogP contribution in [0.15, 0.2) is 36.5 Å². The van der Waals surface area contributed by atoms with Gasteiger partial charge in [0.25, 0.3) is 0 Å². The molecule has 0 saturated heterocycles. The van der Waals surface area contributed by atoms with Crippen LogP contribution in [-0.2, 0) is 10.2 Å². The van der Waals surface area contributed by atoms with Crippen LogP contribution in [0.1, 0.15) is 50.2 Å². The molecular weight excluding hydrogens is 348 g/mol. The van der Waals surface area contributed by atoms with Crippen molar-refractivity contribution in [3.63, 3.8) is 0 Å². The second-order valence-electron chi connectivity index (χ2n) is 6.92. The number of hydrogen-bond donors (Lipinski definition) is 1. The van der Waals surface area contributed by atoms with Crippen molar-refractivity contribution < 1.29 is 9.53 Å². The van der Waals surface area contributed by atoms with Gasteiger partial charge in [0.1, 0.15) is 0 Å². The lowest BCUT2D eigenvalue weighted by atomic mass is 9.78. The molecular formula is C21H25ClN2O2. The molecule has 3 rings (SSSR count). The fourth-order valence-electron chi connectivity index (χ4n) is 3.68. The molecule has 0 unspecified atom stereocenters. The molecule has 1 aromatic heterocycles. The van der Waals surface area contributed by atoms with Crippen molar-refractivity contribution in [1.82, 2.24) is 4.98 Å². The number of benzene rings is 1. The summed E-state index contributed by atoms with van der Waals surface area (Å²) >= 11 is 6.43. The van der Waals surface area contributed by atoms with Gasteiger partial charge in [-0.3, -0.25) is 4.79 Å². The average Bonchev–Trinajstić information content (AvgIpc) is 3.12. The highest BCUT2D eigenvalue weighted by atomic mass is 35.5. The summed E-state index contributed by atoms with van der Waals surface area (Å²) in [5, 5.41) is 3.71. The van der Waals surface area contributed by atoms with Gasteiger partial charge in [-0.1, -0.05) is 49.6 Å². The Kier molecular flexibility index (Phi) is 5.82. The maximum Gasteiger partial charge on any atom is 0.235 e. The molecule has 0 aliphatic heterocycles. The molecule has 1 amide bonds. The van der Waals surface area contributed by atoms with E-state index < -0.39 is 5.41 Å². The van der Waals surface area contributed by atoms with Crippen LogP contribution < -0.4 is 10.1 Å². The Morgan fingerprint density at radius 1 is 1.31 bits per heavy atom. The normalized spacial score (nSPS) is 15.7. The number of aryl methyl sites for hydroxylation is 1. The van der Waals surface area contributed by atoms with Crippen molar-refractivity contribution in [1.29, 1.82) is 0 Å². The van der Waals surface area contributed by atoms with E-state index in [4.69, 9.17) is 16.3 Å². The molecule has 26 heavy (non-hydrogen) atoms. The smallest absolute Gasteiger partial charge is 0.235 e. The monoisotopic (exact) mass is 372 g/mol. The summed E-state index contributed by atoms with van der Waals surface area (Å²) in [5.74, 6) is 0.609. The second kappa shape index (κ2) is 8.09. The third-order valence-electron chi connectivity index (χ3n) is 5.01. The lowest BCUT2D eigenvalue weighted by molar-refractivity contribution is -0.121. The first-order valence-corrected chi connectivity index (χ1v) is 9.60. The van der Waals surface area contributed by atoms with Crippen molar-refractivity contribution in [2.75, 3.05) is 11.9 Å². The molecule has 0 atom stereocenters. The molecule has 1 fully saturated rings. The van der Waals surface area contributed by atoms with E-state index in [-0.39, 0.29) is 5.91 Å². The molecule has 2 aromatic rings. The Morgan fingerprint density at radius 3 is 2.69 bits per heavy atom.